The summed E-state index contributed by atoms with van der Waals surface area (Å²) in [6, 6.07) is 14.2. The molecule has 0 spiro atoms. The molecule has 2 N–H and O–H groups in total. The SMILES string of the molecule is CCc1ccccc1NC(=O)CNS(=O)(=O)c1ccc(C(C)(C)C)cc1. The fourth-order valence-electron chi connectivity index (χ4n) is 2.52. The number of aryl methyl sites for hydroxylation is 1. The molecule has 5 nitrogen and oxygen atoms in total. The third-order valence-corrected chi connectivity index (χ3v) is 5.54. The van der Waals surface area contributed by atoms with Gasteiger partial charge in [0.05, 0.1) is 11.4 Å². The van der Waals surface area contributed by atoms with E-state index in [1.807, 2.05) is 25.1 Å². The van der Waals surface area contributed by atoms with Crippen LogP contribution in [-0.4, -0.2) is 20.9 Å². The van der Waals surface area contributed by atoms with E-state index in [4.69, 9.17) is 0 Å². The van der Waals surface area contributed by atoms with Crippen LogP contribution < -0.4 is 10.0 Å². The van der Waals surface area contributed by atoms with Crippen LogP contribution in [0.4, 0.5) is 5.69 Å². The number of anilines is 1. The summed E-state index contributed by atoms with van der Waals surface area (Å²) in [4.78, 5) is 12.3. The van der Waals surface area contributed by atoms with Crippen molar-refractivity contribution in [2.45, 2.75) is 44.4 Å². The molecule has 140 valence electrons. The van der Waals surface area contributed by atoms with Gasteiger partial charge in [0.2, 0.25) is 15.9 Å². The van der Waals surface area contributed by atoms with E-state index < -0.39 is 15.9 Å². The Bertz CT molecular complexity index is 867. The van der Waals surface area contributed by atoms with Gasteiger partial charge in [-0.3, -0.25) is 4.79 Å². The molecule has 0 aliphatic rings. The van der Waals surface area contributed by atoms with E-state index in [9.17, 15) is 13.2 Å². The molecule has 1 amide bonds. The van der Waals surface area contributed by atoms with Crippen molar-refractivity contribution < 1.29 is 13.2 Å². The summed E-state index contributed by atoms with van der Waals surface area (Å²) >= 11 is 0. The Morgan fingerprint density at radius 2 is 1.62 bits per heavy atom. The van der Waals surface area contributed by atoms with Crippen LogP contribution in [0.15, 0.2) is 53.4 Å². The highest BCUT2D eigenvalue weighted by molar-refractivity contribution is 7.89. The second-order valence-corrected chi connectivity index (χ2v) is 8.92. The zero-order chi connectivity index (χ0) is 19.4. The van der Waals surface area contributed by atoms with Gasteiger partial charge in [-0.2, -0.15) is 0 Å². The first kappa shape index (κ1) is 20.1. The number of sulfonamides is 1. The molecule has 26 heavy (non-hydrogen) atoms. The summed E-state index contributed by atoms with van der Waals surface area (Å²) in [6.07, 6.45) is 0.780. The molecule has 2 aromatic carbocycles. The van der Waals surface area contributed by atoms with Gasteiger partial charge in [-0.25, -0.2) is 13.1 Å². The Kier molecular flexibility index (Phi) is 6.21. The molecule has 0 radical (unpaired) electrons. The summed E-state index contributed by atoms with van der Waals surface area (Å²) in [7, 11) is -3.74. The summed E-state index contributed by atoms with van der Waals surface area (Å²) in [5.74, 6) is -0.402. The lowest BCUT2D eigenvalue weighted by atomic mass is 9.87. The molecule has 0 atom stereocenters. The average Bonchev–Trinajstić information content (AvgIpc) is 2.60. The molecule has 0 aliphatic carbocycles. The van der Waals surface area contributed by atoms with E-state index >= 15 is 0 Å². The largest absolute Gasteiger partial charge is 0.325 e. The van der Waals surface area contributed by atoms with Crippen LogP contribution in [0.25, 0.3) is 0 Å². The third-order valence-electron chi connectivity index (χ3n) is 4.13. The highest BCUT2D eigenvalue weighted by Gasteiger charge is 2.18. The first-order valence-corrected chi connectivity index (χ1v) is 10.1. The fraction of sp³-hybridized carbons (Fsp3) is 0.350. The van der Waals surface area contributed by atoms with Gasteiger partial charge < -0.3 is 5.32 Å². The minimum atomic E-state index is -3.74. The zero-order valence-electron chi connectivity index (χ0n) is 15.7. The predicted molar refractivity (Wildman–Crippen MR) is 105 cm³/mol. The molecule has 6 heteroatoms. The van der Waals surface area contributed by atoms with Gasteiger partial charge in [-0.1, -0.05) is 58.0 Å². The maximum absolute atomic E-state index is 12.4. The number of nitrogens with one attached hydrogen (secondary N) is 2. The Morgan fingerprint density at radius 3 is 2.19 bits per heavy atom. The summed E-state index contributed by atoms with van der Waals surface area (Å²) in [5.41, 5.74) is 2.70. The van der Waals surface area contributed by atoms with Crippen LogP contribution >= 0.6 is 0 Å². The quantitative estimate of drug-likeness (QED) is 0.813. The average molecular weight is 375 g/mol. The minimum absolute atomic E-state index is 0.0533. The van der Waals surface area contributed by atoms with Crippen LogP contribution in [0, 0.1) is 0 Å². The number of carbonyl (C=O) groups is 1. The van der Waals surface area contributed by atoms with Crippen molar-refractivity contribution in [1.29, 1.82) is 0 Å². The van der Waals surface area contributed by atoms with E-state index in [2.05, 4.69) is 30.8 Å². The van der Waals surface area contributed by atoms with Gasteiger partial charge >= 0.3 is 0 Å². The van der Waals surface area contributed by atoms with Crippen LogP contribution in [-0.2, 0) is 26.7 Å². The van der Waals surface area contributed by atoms with Crippen molar-refractivity contribution in [2.75, 3.05) is 11.9 Å². The third kappa shape index (κ3) is 5.16. The second kappa shape index (κ2) is 8.01. The Balaban J connectivity index is 2.02. The molecule has 0 saturated heterocycles. The van der Waals surface area contributed by atoms with Crippen molar-refractivity contribution in [3.63, 3.8) is 0 Å². The Hall–Kier alpha value is -2.18. The van der Waals surface area contributed by atoms with Crippen molar-refractivity contribution >= 4 is 21.6 Å². The maximum atomic E-state index is 12.4. The first-order chi connectivity index (χ1) is 12.1. The van der Waals surface area contributed by atoms with E-state index in [0.717, 1.165) is 17.5 Å². The topological polar surface area (TPSA) is 75.3 Å². The molecule has 0 aliphatic heterocycles. The van der Waals surface area contributed by atoms with E-state index in [0.29, 0.717) is 5.69 Å². The van der Waals surface area contributed by atoms with Crippen molar-refractivity contribution in [3.8, 4) is 0 Å². The van der Waals surface area contributed by atoms with Gasteiger partial charge in [0, 0.05) is 5.69 Å². The van der Waals surface area contributed by atoms with E-state index in [1.54, 1.807) is 30.3 Å². The van der Waals surface area contributed by atoms with Gasteiger partial charge in [-0.15, -0.1) is 0 Å². The second-order valence-electron chi connectivity index (χ2n) is 7.16. The number of para-hydroxylation sites is 1. The molecule has 0 unspecified atom stereocenters. The summed E-state index contributed by atoms with van der Waals surface area (Å²) in [5, 5.41) is 2.75. The van der Waals surface area contributed by atoms with Gasteiger partial charge in [0.25, 0.3) is 0 Å². The molecule has 0 aromatic heterocycles. The number of rotatable bonds is 6. The monoisotopic (exact) mass is 374 g/mol. The molecule has 2 aromatic rings. The number of hydrogen-bond donors (Lipinski definition) is 2. The first-order valence-electron chi connectivity index (χ1n) is 8.61. The van der Waals surface area contributed by atoms with Crippen LogP contribution in [0.1, 0.15) is 38.8 Å². The number of hydrogen-bond acceptors (Lipinski definition) is 3. The molecular weight excluding hydrogens is 348 g/mol. The van der Waals surface area contributed by atoms with Crippen LogP contribution in [0.2, 0.25) is 0 Å². The lowest BCUT2D eigenvalue weighted by Crippen LogP contribution is -2.33. The highest BCUT2D eigenvalue weighted by atomic mass is 32.2. The van der Waals surface area contributed by atoms with Gasteiger partial charge in [0.15, 0.2) is 0 Å². The van der Waals surface area contributed by atoms with Crippen LogP contribution in [0.5, 0.6) is 0 Å². The van der Waals surface area contributed by atoms with E-state index in [-0.39, 0.29) is 16.9 Å². The van der Waals surface area contributed by atoms with Crippen LogP contribution in [0.3, 0.4) is 0 Å². The van der Waals surface area contributed by atoms with Gasteiger partial charge in [-0.05, 0) is 41.2 Å². The molecular formula is C20H26N2O3S. The zero-order valence-corrected chi connectivity index (χ0v) is 16.5. The Labute approximate surface area is 155 Å². The summed E-state index contributed by atoms with van der Waals surface area (Å²) in [6.45, 7) is 7.87. The lowest BCUT2D eigenvalue weighted by Gasteiger charge is -2.19. The predicted octanol–water partition coefficient (Wildman–Crippen LogP) is 3.46. The molecule has 0 fully saturated rings. The minimum Gasteiger partial charge on any atom is -0.325 e. The van der Waals surface area contributed by atoms with Crippen molar-refractivity contribution in [2.24, 2.45) is 0 Å². The number of carbonyl (C=O) groups excluding carboxylic acids is 1. The molecule has 2 rings (SSSR count). The fourth-order valence-corrected chi connectivity index (χ4v) is 3.51. The molecule has 0 saturated carbocycles. The van der Waals surface area contributed by atoms with E-state index in [1.165, 1.54) is 0 Å². The molecule has 0 bridgehead atoms. The number of amides is 1. The maximum Gasteiger partial charge on any atom is 0.241 e. The smallest absolute Gasteiger partial charge is 0.241 e. The molecule has 0 heterocycles. The highest BCUT2D eigenvalue weighted by Crippen LogP contribution is 2.23. The van der Waals surface area contributed by atoms with Gasteiger partial charge in [0.1, 0.15) is 0 Å². The number of benzene rings is 2. The lowest BCUT2D eigenvalue weighted by molar-refractivity contribution is -0.115. The Morgan fingerprint density at radius 1 is 1.00 bits per heavy atom. The van der Waals surface area contributed by atoms with Crippen molar-refractivity contribution in [1.82, 2.24) is 4.72 Å². The summed E-state index contributed by atoms with van der Waals surface area (Å²) < 4.78 is 27.1. The normalized spacial score (nSPS) is 12.0. The van der Waals surface area contributed by atoms with Crippen molar-refractivity contribution in [3.05, 3.63) is 59.7 Å². The standard InChI is InChI=1S/C20H26N2O3S/c1-5-15-8-6-7-9-18(15)22-19(23)14-21-26(24,25)17-12-10-16(11-13-17)20(2,3)4/h6-13,21H,5,14H2,1-4H3,(H,22,23).